The number of hydrogen-bond acceptors (Lipinski definition) is 2. The van der Waals surface area contributed by atoms with Gasteiger partial charge in [-0.2, -0.15) is 0 Å². The predicted octanol–water partition coefficient (Wildman–Crippen LogP) is 1.45. The van der Waals surface area contributed by atoms with Crippen LogP contribution in [0, 0.1) is 6.42 Å². The molecule has 0 unspecified atom stereocenters. The third kappa shape index (κ3) is 5.47. The van der Waals surface area contributed by atoms with Crippen molar-refractivity contribution >= 4 is 6.21 Å². The van der Waals surface area contributed by atoms with Crippen LogP contribution in [0.4, 0.5) is 0 Å². The van der Waals surface area contributed by atoms with Crippen LogP contribution in [-0.4, -0.2) is 11.4 Å². The van der Waals surface area contributed by atoms with Crippen LogP contribution in [0.2, 0.25) is 0 Å². The van der Waals surface area contributed by atoms with Crippen LogP contribution in [0.1, 0.15) is 19.8 Å². The molecule has 0 aromatic rings. The molecular weight excluding hydrogens is 90.1 g/mol. The van der Waals surface area contributed by atoms with E-state index in [2.05, 4.69) is 5.16 Å². The Bertz CT molecular complexity index is 52.0. The molecule has 0 aromatic heterocycles. The fourth-order valence-electron chi connectivity index (χ4n) is 0.299. The molecule has 0 saturated heterocycles. The Morgan fingerprint density at radius 1 is 1.57 bits per heavy atom. The van der Waals surface area contributed by atoms with Crippen molar-refractivity contribution in [1.82, 2.24) is 0 Å². The van der Waals surface area contributed by atoms with Crippen molar-refractivity contribution in [2.24, 2.45) is 5.16 Å². The second-order valence-electron chi connectivity index (χ2n) is 1.28. The summed E-state index contributed by atoms with van der Waals surface area (Å²) in [5.74, 6) is 0. The summed E-state index contributed by atoms with van der Waals surface area (Å²) >= 11 is 0. The van der Waals surface area contributed by atoms with Gasteiger partial charge in [0.2, 0.25) is 0 Å². The smallest absolute Gasteiger partial charge is 0.0436 e. The van der Waals surface area contributed by atoms with Crippen LogP contribution in [0.25, 0.3) is 0 Å². The quantitative estimate of drug-likeness (QED) is 0.247. The molecule has 2 heteroatoms. The second-order valence-corrected chi connectivity index (χ2v) is 1.28. The first-order valence-electron chi connectivity index (χ1n) is 2.35. The molecule has 0 atom stereocenters. The molecule has 1 radical (unpaired) electrons. The molecule has 0 amide bonds. The fraction of sp³-hybridized carbons (Fsp3) is 0.600. The van der Waals surface area contributed by atoms with Crippen molar-refractivity contribution in [2.45, 2.75) is 19.8 Å². The van der Waals surface area contributed by atoms with Crippen molar-refractivity contribution < 1.29 is 5.21 Å². The van der Waals surface area contributed by atoms with E-state index in [0.717, 1.165) is 12.8 Å². The van der Waals surface area contributed by atoms with Gasteiger partial charge in [-0.25, -0.2) is 0 Å². The lowest BCUT2D eigenvalue weighted by Crippen LogP contribution is -1.73. The fourth-order valence-corrected chi connectivity index (χ4v) is 0.299. The summed E-state index contributed by atoms with van der Waals surface area (Å²) in [4.78, 5) is 0. The van der Waals surface area contributed by atoms with Crippen molar-refractivity contribution in [3.05, 3.63) is 6.42 Å². The van der Waals surface area contributed by atoms with Gasteiger partial charge in [0.1, 0.15) is 0 Å². The zero-order valence-electron chi connectivity index (χ0n) is 4.46. The van der Waals surface area contributed by atoms with Crippen LogP contribution in [0.3, 0.4) is 0 Å². The standard InChI is InChI=1S/C5H10NO/c1-2-3-4-5-6-7/h2,5,7H,3-4H2,1H3. The number of oxime groups is 1. The van der Waals surface area contributed by atoms with Crippen LogP contribution >= 0.6 is 0 Å². The Hall–Kier alpha value is -0.530. The van der Waals surface area contributed by atoms with Gasteiger partial charge in [-0.1, -0.05) is 6.92 Å². The molecule has 0 rings (SSSR count). The van der Waals surface area contributed by atoms with Gasteiger partial charge in [0.25, 0.3) is 0 Å². The summed E-state index contributed by atoms with van der Waals surface area (Å²) in [6.45, 7) is 1.98. The minimum Gasteiger partial charge on any atom is -0.411 e. The average Bonchev–Trinajstić information content (AvgIpc) is 1.69. The summed E-state index contributed by atoms with van der Waals surface area (Å²) in [5, 5.41) is 10.7. The van der Waals surface area contributed by atoms with Gasteiger partial charge >= 0.3 is 0 Å². The summed E-state index contributed by atoms with van der Waals surface area (Å²) in [6, 6.07) is 0. The van der Waals surface area contributed by atoms with E-state index in [1.165, 1.54) is 6.21 Å². The Morgan fingerprint density at radius 3 is 2.71 bits per heavy atom. The zero-order valence-corrected chi connectivity index (χ0v) is 4.46. The van der Waals surface area contributed by atoms with E-state index in [9.17, 15) is 0 Å². The van der Waals surface area contributed by atoms with Crippen LogP contribution in [0.15, 0.2) is 5.16 Å². The molecule has 2 nitrogen and oxygen atoms in total. The minimum absolute atomic E-state index is 0.840. The van der Waals surface area contributed by atoms with Gasteiger partial charge in [-0.05, 0) is 19.3 Å². The van der Waals surface area contributed by atoms with Gasteiger partial charge in [0.05, 0.1) is 0 Å². The summed E-state index contributed by atoms with van der Waals surface area (Å²) < 4.78 is 0. The van der Waals surface area contributed by atoms with E-state index in [1.807, 2.05) is 13.3 Å². The molecule has 0 spiro atoms. The Balaban J connectivity index is 2.69. The predicted molar refractivity (Wildman–Crippen MR) is 29.5 cm³/mol. The highest BCUT2D eigenvalue weighted by Crippen LogP contribution is 1.86. The first kappa shape index (κ1) is 6.47. The summed E-state index contributed by atoms with van der Waals surface area (Å²) in [6.07, 6.45) is 5.35. The van der Waals surface area contributed by atoms with Gasteiger partial charge in [0, 0.05) is 6.21 Å². The van der Waals surface area contributed by atoms with Crippen LogP contribution in [-0.2, 0) is 0 Å². The second kappa shape index (κ2) is 5.47. The van der Waals surface area contributed by atoms with Gasteiger partial charge in [0.15, 0.2) is 0 Å². The third-order valence-corrected chi connectivity index (χ3v) is 0.666. The van der Waals surface area contributed by atoms with Gasteiger partial charge in [-0.15, -0.1) is 5.16 Å². The largest absolute Gasteiger partial charge is 0.411 e. The summed E-state index contributed by atoms with van der Waals surface area (Å²) in [5.41, 5.74) is 0. The van der Waals surface area contributed by atoms with E-state index < -0.39 is 0 Å². The SMILES string of the molecule is C[CH]CCC=NO. The topological polar surface area (TPSA) is 32.6 Å². The molecule has 0 heterocycles. The number of rotatable bonds is 3. The molecule has 41 valence electrons. The molecule has 0 aliphatic rings. The van der Waals surface area contributed by atoms with E-state index >= 15 is 0 Å². The average molecular weight is 100 g/mol. The van der Waals surface area contributed by atoms with E-state index in [-0.39, 0.29) is 0 Å². The van der Waals surface area contributed by atoms with Crippen molar-refractivity contribution in [3.63, 3.8) is 0 Å². The van der Waals surface area contributed by atoms with Gasteiger partial charge < -0.3 is 5.21 Å². The van der Waals surface area contributed by atoms with Gasteiger partial charge in [-0.3, -0.25) is 0 Å². The normalized spacial score (nSPS) is 10.4. The molecule has 0 saturated carbocycles. The summed E-state index contributed by atoms with van der Waals surface area (Å²) in [7, 11) is 0. The molecule has 1 N–H and O–H groups in total. The van der Waals surface area contributed by atoms with Crippen LogP contribution < -0.4 is 0 Å². The van der Waals surface area contributed by atoms with Crippen molar-refractivity contribution in [3.8, 4) is 0 Å². The molecule has 7 heavy (non-hydrogen) atoms. The molecule has 0 bridgehead atoms. The first-order valence-corrected chi connectivity index (χ1v) is 2.35. The highest BCUT2D eigenvalue weighted by Gasteiger charge is 1.75. The van der Waals surface area contributed by atoms with Crippen molar-refractivity contribution in [1.29, 1.82) is 0 Å². The molecular formula is C5H10NO. The highest BCUT2D eigenvalue weighted by atomic mass is 16.4. The lowest BCUT2D eigenvalue weighted by Gasteiger charge is -1.81. The van der Waals surface area contributed by atoms with E-state index in [4.69, 9.17) is 5.21 Å². The first-order chi connectivity index (χ1) is 3.41. The molecule has 0 aliphatic carbocycles. The highest BCUT2D eigenvalue weighted by molar-refractivity contribution is 5.56. The molecule has 0 fully saturated rings. The monoisotopic (exact) mass is 100 g/mol. The van der Waals surface area contributed by atoms with E-state index in [1.54, 1.807) is 0 Å². The Kier molecular flexibility index (Phi) is 5.06. The molecule has 0 aromatic carbocycles. The third-order valence-electron chi connectivity index (χ3n) is 0.666. The minimum atomic E-state index is 0.840. The number of hydrogen-bond donors (Lipinski definition) is 1. The number of nitrogens with zero attached hydrogens (tertiary/aromatic N) is 1. The maximum absolute atomic E-state index is 7.85. The molecule has 0 aliphatic heterocycles. The Labute approximate surface area is 43.8 Å². The van der Waals surface area contributed by atoms with Crippen LogP contribution in [0.5, 0.6) is 0 Å². The Morgan fingerprint density at radius 2 is 2.29 bits per heavy atom. The maximum Gasteiger partial charge on any atom is 0.0436 e. The van der Waals surface area contributed by atoms with Crippen molar-refractivity contribution in [2.75, 3.05) is 0 Å². The zero-order chi connectivity index (χ0) is 5.54. The van der Waals surface area contributed by atoms with E-state index in [0.29, 0.717) is 0 Å². The number of unbranched alkanes of at least 4 members (excludes halogenated alkanes) is 2. The lowest BCUT2D eigenvalue weighted by molar-refractivity contribution is 0.320. The maximum atomic E-state index is 7.85. The lowest BCUT2D eigenvalue weighted by atomic mass is 10.3.